The smallest absolute Gasteiger partial charge is 0.231 e. The lowest BCUT2D eigenvalue weighted by atomic mass is 9.99. The quantitative estimate of drug-likeness (QED) is 0.140. The monoisotopic (exact) mass is 612 g/mol. The van der Waals surface area contributed by atoms with Gasteiger partial charge in [-0.1, -0.05) is 6.07 Å². The summed E-state index contributed by atoms with van der Waals surface area (Å²) in [6.45, 7) is -1.24. The molecule has 0 aromatic heterocycles. The molecule has 10 atom stereocenters. The molecule has 0 bridgehead atoms. The lowest BCUT2D eigenvalue weighted by molar-refractivity contribution is -0.277. The van der Waals surface area contributed by atoms with Gasteiger partial charge in [-0.05, 0) is 48.2 Å². The molecule has 0 unspecified atom stereocenters. The Morgan fingerprint density at radius 3 is 1.79 bits per heavy atom. The van der Waals surface area contributed by atoms with Crippen LogP contribution in [0.1, 0.15) is 11.1 Å². The SMILES string of the molecule is COc1cc(CCc2cc3c(c(O[C@@H]4O[C@H](CO)[C@@H](O)[C@H](O)[C@H]4O)c2)OCO3)ccc1O[C@@H]1O[C@H](CO)[C@@H](O)[C@H](O)[C@H]1O. The second kappa shape index (κ2) is 13.4. The highest BCUT2D eigenvalue weighted by Crippen LogP contribution is 2.43. The van der Waals surface area contributed by atoms with Crippen LogP contribution in [0, 0.1) is 0 Å². The van der Waals surface area contributed by atoms with Gasteiger partial charge in [-0.15, -0.1) is 0 Å². The molecule has 2 saturated heterocycles. The second-order valence-electron chi connectivity index (χ2n) is 10.4. The van der Waals surface area contributed by atoms with Crippen LogP contribution in [0.4, 0.5) is 0 Å². The molecule has 15 heteroatoms. The van der Waals surface area contributed by atoms with Gasteiger partial charge in [0.05, 0.1) is 20.3 Å². The Bertz CT molecular complexity index is 1240. The molecule has 43 heavy (non-hydrogen) atoms. The van der Waals surface area contributed by atoms with Crippen molar-refractivity contribution in [3.05, 3.63) is 41.5 Å². The van der Waals surface area contributed by atoms with Crippen molar-refractivity contribution in [1.82, 2.24) is 0 Å². The first-order chi connectivity index (χ1) is 20.6. The number of aliphatic hydroxyl groups excluding tert-OH is 8. The van der Waals surface area contributed by atoms with Crippen LogP contribution in [0.25, 0.3) is 0 Å². The predicted molar refractivity (Wildman–Crippen MR) is 142 cm³/mol. The molecular formula is C28H36O15. The summed E-state index contributed by atoms with van der Waals surface area (Å²) < 4.78 is 39.0. The van der Waals surface area contributed by atoms with E-state index in [4.69, 9.17) is 33.2 Å². The van der Waals surface area contributed by atoms with Crippen LogP contribution in [0.5, 0.6) is 28.7 Å². The van der Waals surface area contributed by atoms with Crippen LogP contribution < -0.4 is 23.7 Å². The molecule has 0 radical (unpaired) electrons. The molecule has 2 aromatic rings. The number of ether oxygens (including phenoxy) is 7. The third-order valence-corrected chi connectivity index (χ3v) is 7.61. The van der Waals surface area contributed by atoms with E-state index in [0.717, 1.165) is 11.1 Å². The maximum Gasteiger partial charge on any atom is 0.231 e. The minimum Gasteiger partial charge on any atom is -0.493 e. The maximum absolute atomic E-state index is 10.4. The Balaban J connectivity index is 1.28. The third-order valence-electron chi connectivity index (χ3n) is 7.61. The zero-order chi connectivity index (χ0) is 30.8. The lowest BCUT2D eigenvalue weighted by Crippen LogP contribution is -2.60. The molecule has 8 N–H and O–H groups in total. The molecule has 238 valence electrons. The summed E-state index contributed by atoms with van der Waals surface area (Å²) in [6.07, 6.45) is -13.4. The molecule has 0 aliphatic carbocycles. The van der Waals surface area contributed by atoms with Gasteiger partial charge in [-0.3, -0.25) is 0 Å². The van der Waals surface area contributed by atoms with Gasteiger partial charge in [-0.2, -0.15) is 0 Å². The van der Waals surface area contributed by atoms with Crippen molar-refractivity contribution in [3.8, 4) is 28.7 Å². The predicted octanol–water partition coefficient (Wildman–Crippen LogP) is -2.43. The van der Waals surface area contributed by atoms with Crippen molar-refractivity contribution in [2.24, 2.45) is 0 Å². The first kappa shape index (κ1) is 31.5. The average molecular weight is 613 g/mol. The highest BCUT2D eigenvalue weighted by molar-refractivity contribution is 5.55. The van der Waals surface area contributed by atoms with Crippen molar-refractivity contribution < 1.29 is 74.0 Å². The van der Waals surface area contributed by atoms with E-state index in [2.05, 4.69) is 0 Å². The molecule has 3 aliphatic rings. The summed E-state index contributed by atoms with van der Waals surface area (Å²) in [4.78, 5) is 0. The molecule has 2 fully saturated rings. The Kier molecular flexibility index (Phi) is 9.77. The highest BCUT2D eigenvalue weighted by Gasteiger charge is 2.46. The highest BCUT2D eigenvalue weighted by atomic mass is 16.7. The Labute approximate surface area is 245 Å². The van der Waals surface area contributed by atoms with Gasteiger partial charge in [0.25, 0.3) is 0 Å². The number of fused-ring (bicyclic) bond motifs is 1. The minimum atomic E-state index is -1.60. The fourth-order valence-corrected chi connectivity index (χ4v) is 5.10. The molecule has 3 aliphatic heterocycles. The zero-order valence-corrected chi connectivity index (χ0v) is 23.1. The molecular weight excluding hydrogens is 576 g/mol. The number of methoxy groups -OCH3 is 1. The van der Waals surface area contributed by atoms with Gasteiger partial charge in [0.2, 0.25) is 25.1 Å². The van der Waals surface area contributed by atoms with E-state index in [1.54, 1.807) is 30.3 Å². The van der Waals surface area contributed by atoms with Crippen molar-refractivity contribution >= 4 is 0 Å². The molecule has 0 saturated carbocycles. The minimum absolute atomic E-state index is 0.0586. The van der Waals surface area contributed by atoms with E-state index >= 15 is 0 Å². The molecule has 3 heterocycles. The van der Waals surface area contributed by atoms with E-state index in [1.807, 2.05) is 0 Å². The summed E-state index contributed by atoms with van der Waals surface area (Å²) in [7, 11) is 1.43. The second-order valence-corrected chi connectivity index (χ2v) is 10.4. The van der Waals surface area contributed by atoms with Crippen LogP contribution >= 0.6 is 0 Å². The molecule has 5 rings (SSSR count). The van der Waals surface area contributed by atoms with Crippen LogP contribution in [-0.4, -0.2) is 129 Å². The number of aryl methyl sites for hydroxylation is 2. The van der Waals surface area contributed by atoms with Crippen molar-refractivity contribution in [2.75, 3.05) is 27.1 Å². The number of hydrogen-bond donors (Lipinski definition) is 8. The summed E-state index contributed by atoms with van der Waals surface area (Å²) in [5.41, 5.74) is 1.61. The van der Waals surface area contributed by atoms with Gasteiger partial charge >= 0.3 is 0 Å². The van der Waals surface area contributed by atoms with Crippen molar-refractivity contribution in [1.29, 1.82) is 0 Å². The van der Waals surface area contributed by atoms with E-state index in [-0.39, 0.29) is 24.0 Å². The van der Waals surface area contributed by atoms with Gasteiger partial charge in [0.1, 0.15) is 48.8 Å². The first-order valence-corrected chi connectivity index (χ1v) is 13.7. The summed E-state index contributed by atoms with van der Waals surface area (Å²) in [5.74, 6) is 1.37. The normalized spacial score (nSPS) is 33.7. The van der Waals surface area contributed by atoms with Crippen LogP contribution in [-0.2, 0) is 22.3 Å². The van der Waals surface area contributed by atoms with E-state index in [0.29, 0.717) is 24.3 Å². The van der Waals surface area contributed by atoms with E-state index in [9.17, 15) is 40.9 Å². The summed E-state index contributed by atoms with van der Waals surface area (Å²) >= 11 is 0. The fraction of sp³-hybridized carbons (Fsp3) is 0.571. The van der Waals surface area contributed by atoms with Gasteiger partial charge in [-0.25, -0.2) is 0 Å². The Morgan fingerprint density at radius 2 is 1.21 bits per heavy atom. The first-order valence-electron chi connectivity index (χ1n) is 13.7. The molecule has 0 amide bonds. The molecule has 15 nitrogen and oxygen atoms in total. The zero-order valence-electron chi connectivity index (χ0n) is 23.1. The van der Waals surface area contributed by atoms with Crippen molar-refractivity contribution in [2.45, 2.75) is 74.3 Å². The summed E-state index contributed by atoms with van der Waals surface area (Å²) in [5, 5.41) is 79.8. The fourth-order valence-electron chi connectivity index (χ4n) is 5.10. The van der Waals surface area contributed by atoms with Gasteiger partial charge in [0.15, 0.2) is 23.0 Å². The number of hydrogen-bond acceptors (Lipinski definition) is 15. The standard InChI is InChI=1S/C28H36O15/c1-37-15-6-12(4-5-14(15)40-27-24(35)22(33)20(31)18(9-29)42-27)2-3-13-7-16-26(39-11-38-16)17(8-13)41-28-25(36)23(34)21(32)19(10-30)43-28/h4-8,18-25,27-36H,2-3,9-11H2,1H3/t18-,19-,20-,21-,22+,23+,24-,25-,27-,28-/m1/s1. The third kappa shape index (κ3) is 6.46. The van der Waals surface area contributed by atoms with Crippen LogP contribution in [0.3, 0.4) is 0 Å². The summed E-state index contributed by atoms with van der Waals surface area (Å²) in [6, 6.07) is 8.53. The molecule has 2 aromatic carbocycles. The topological polar surface area (TPSA) is 226 Å². The number of rotatable bonds is 10. The maximum atomic E-state index is 10.4. The van der Waals surface area contributed by atoms with Crippen LogP contribution in [0.15, 0.2) is 30.3 Å². The largest absolute Gasteiger partial charge is 0.493 e. The van der Waals surface area contributed by atoms with E-state index in [1.165, 1.54) is 7.11 Å². The number of aliphatic hydroxyl groups is 8. The Morgan fingerprint density at radius 1 is 0.651 bits per heavy atom. The van der Waals surface area contributed by atoms with Gasteiger partial charge < -0.3 is 74.0 Å². The van der Waals surface area contributed by atoms with E-state index < -0.39 is 74.6 Å². The number of benzene rings is 2. The lowest BCUT2D eigenvalue weighted by Gasteiger charge is -2.39. The average Bonchev–Trinajstić information content (AvgIpc) is 3.50. The van der Waals surface area contributed by atoms with Crippen molar-refractivity contribution in [3.63, 3.8) is 0 Å². The Hall–Kier alpha value is -2.96. The van der Waals surface area contributed by atoms with Crippen LogP contribution in [0.2, 0.25) is 0 Å². The molecule has 0 spiro atoms. The van der Waals surface area contributed by atoms with Gasteiger partial charge in [0, 0.05) is 0 Å².